The summed E-state index contributed by atoms with van der Waals surface area (Å²) < 4.78 is 0. The third-order valence-electron chi connectivity index (χ3n) is 1.41. The summed E-state index contributed by atoms with van der Waals surface area (Å²) in [6.45, 7) is 1.70. The van der Waals surface area contributed by atoms with Gasteiger partial charge >= 0.3 is 0 Å². The van der Waals surface area contributed by atoms with Crippen LogP contribution in [0.3, 0.4) is 0 Å². The van der Waals surface area contributed by atoms with Crippen LogP contribution >= 0.6 is 23.2 Å². The molecule has 1 aromatic heterocycles. The fourth-order valence-electron chi connectivity index (χ4n) is 0.904. The summed E-state index contributed by atoms with van der Waals surface area (Å²) in [6.07, 6.45) is 1.67. The molecule has 4 heteroatoms. The molecule has 2 nitrogen and oxygen atoms in total. The normalized spacial score (nSPS) is 13.0. The lowest BCUT2D eigenvalue weighted by Gasteiger charge is -2.05. The van der Waals surface area contributed by atoms with Gasteiger partial charge in [-0.05, 0) is 18.6 Å². The van der Waals surface area contributed by atoms with E-state index in [4.69, 9.17) is 28.3 Å². The Balaban J connectivity index is 2.86. The zero-order valence-electron chi connectivity index (χ0n) is 6.59. The van der Waals surface area contributed by atoms with E-state index in [0.29, 0.717) is 16.6 Å². The first-order chi connectivity index (χ1) is 5.59. The third-order valence-corrected chi connectivity index (χ3v) is 1.97. The van der Waals surface area contributed by atoms with Crippen molar-refractivity contribution in [3.63, 3.8) is 0 Å². The van der Waals surface area contributed by atoms with Crippen molar-refractivity contribution in [2.75, 3.05) is 0 Å². The van der Waals surface area contributed by atoms with Gasteiger partial charge in [0, 0.05) is 17.6 Å². The van der Waals surface area contributed by atoms with Crippen LogP contribution in [0.4, 0.5) is 0 Å². The molecule has 0 saturated carbocycles. The first-order valence-corrected chi connectivity index (χ1v) is 4.33. The van der Waals surface area contributed by atoms with Crippen molar-refractivity contribution in [3.8, 4) is 0 Å². The number of halogens is 2. The summed E-state index contributed by atoms with van der Waals surface area (Å²) in [5.41, 5.74) is 0.816. The second-order valence-electron chi connectivity index (χ2n) is 2.65. The highest BCUT2D eigenvalue weighted by Crippen LogP contribution is 2.19. The molecule has 0 aliphatic rings. The Bertz CT molecular complexity index is 276. The molecular formula is C8H9Cl2NO. The molecule has 0 saturated heterocycles. The van der Waals surface area contributed by atoms with Crippen molar-refractivity contribution in [1.82, 2.24) is 4.98 Å². The van der Waals surface area contributed by atoms with E-state index in [1.807, 2.05) is 0 Å². The molecule has 1 heterocycles. The summed E-state index contributed by atoms with van der Waals surface area (Å²) in [4.78, 5) is 3.86. The number of aromatic nitrogens is 1. The fourth-order valence-corrected chi connectivity index (χ4v) is 1.35. The largest absolute Gasteiger partial charge is 0.393 e. The maximum Gasteiger partial charge on any atom is 0.130 e. The number of aliphatic hydroxyl groups excluding tert-OH is 1. The van der Waals surface area contributed by atoms with Gasteiger partial charge in [0.1, 0.15) is 5.15 Å². The molecule has 1 atom stereocenters. The number of pyridine rings is 1. The van der Waals surface area contributed by atoms with E-state index in [9.17, 15) is 0 Å². The highest BCUT2D eigenvalue weighted by Gasteiger charge is 2.04. The van der Waals surface area contributed by atoms with Crippen molar-refractivity contribution >= 4 is 23.2 Å². The minimum absolute atomic E-state index is 0.370. The average Bonchev–Trinajstić information content (AvgIpc) is 1.94. The molecule has 66 valence electrons. The Labute approximate surface area is 81.1 Å². The van der Waals surface area contributed by atoms with Gasteiger partial charge in [0.25, 0.3) is 0 Å². The maximum absolute atomic E-state index is 9.08. The average molecular weight is 206 g/mol. The van der Waals surface area contributed by atoms with Gasteiger partial charge in [0.2, 0.25) is 0 Å². The first-order valence-electron chi connectivity index (χ1n) is 3.57. The topological polar surface area (TPSA) is 33.1 Å². The zero-order chi connectivity index (χ0) is 9.14. The van der Waals surface area contributed by atoms with Gasteiger partial charge in [-0.15, -0.1) is 0 Å². The molecule has 0 spiro atoms. The molecule has 0 aromatic carbocycles. The number of nitrogens with zero attached hydrogens (tertiary/aromatic N) is 1. The summed E-state index contributed by atoms with van der Waals surface area (Å²) in [7, 11) is 0. The zero-order valence-corrected chi connectivity index (χ0v) is 8.10. The van der Waals surface area contributed by atoms with E-state index < -0.39 is 6.10 Å². The molecular weight excluding hydrogens is 197 g/mol. The predicted molar refractivity (Wildman–Crippen MR) is 49.6 cm³/mol. The van der Waals surface area contributed by atoms with E-state index in [0.717, 1.165) is 5.56 Å². The predicted octanol–water partition coefficient (Wildman–Crippen LogP) is 2.31. The van der Waals surface area contributed by atoms with Gasteiger partial charge < -0.3 is 5.11 Å². The van der Waals surface area contributed by atoms with Gasteiger partial charge in [0.15, 0.2) is 0 Å². The van der Waals surface area contributed by atoms with Gasteiger partial charge in [-0.25, -0.2) is 4.98 Å². The van der Waals surface area contributed by atoms with E-state index in [1.54, 1.807) is 19.2 Å². The molecule has 0 radical (unpaired) electrons. The summed E-state index contributed by atoms with van der Waals surface area (Å²) in [5.74, 6) is 0. The van der Waals surface area contributed by atoms with Gasteiger partial charge in [-0.2, -0.15) is 0 Å². The van der Waals surface area contributed by atoms with E-state index in [1.165, 1.54) is 0 Å². The van der Waals surface area contributed by atoms with Gasteiger partial charge in [-0.1, -0.05) is 23.2 Å². The summed E-state index contributed by atoms with van der Waals surface area (Å²) >= 11 is 11.4. The van der Waals surface area contributed by atoms with Crippen LogP contribution in [0.15, 0.2) is 12.3 Å². The quantitative estimate of drug-likeness (QED) is 0.753. The van der Waals surface area contributed by atoms with E-state index in [-0.39, 0.29) is 0 Å². The molecule has 0 unspecified atom stereocenters. The van der Waals surface area contributed by atoms with Crippen LogP contribution in [-0.4, -0.2) is 16.2 Å². The standard InChI is InChI=1S/C8H9Cl2NO/c1-5(12)2-6-4-11-8(10)3-7(6)9/h3-5,12H,2H2,1H3/t5-/m1/s1. The molecule has 0 bridgehead atoms. The Hall–Kier alpha value is -0.310. The number of aliphatic hydroxyl groups is 1. The molecule has 0 fully saturated rings. The SMILES string of the molecule is C[C@@H](O)Cc1cnc(Cl)cc1Cl. The van der Waals surface area contributed by atoms with Crippen LogP contribution in [0.1, 0.15) is 12.5 Å². The highest BCUT2D eigenvalue weighted by atomic mass is 35.5. The Morgan fingerprint density at radius 3 is 2.75 bits per heavy atom. The summed E-state index contributed by atoms with van der Waals surface area (Å²) in [5, 5.41) is 10.0. The van der Waals surface area contributed by atoms with Gasteiger partial charge in [-0.3, -0.25) is 0 Å². The maximum atomic E-state index is 9.08. The van der Waals surface area contributed by atoms with E-state index in [2.05, 4.69) is 4.98 Å². The third kappa shape index (κ3) is 2.63. The Morgan fingerprint density at radius 2 is 2.25 bits per heavy atom. The number of rotatable bonds is 2. The van der Waals surface area contributed by atoms with Crippen LogP contribution in [0.2, 0.25) is 10.2 Å². The minimum atomic E-state index is -0.412. The van der Waals surface area contributed by atoms with E-state index >= 15 is 0 Å². The van der Waals surface area contributed by atoms with Gasteiger partial charge in [0.05, 0.1) is 6.10 Å². The minimum Gasteiger partial charge on any atom is -0.393 e. The molecule has 1 aromatic rings. The lowest BCUT2D eigenvalue weighted by Crippen LogP contribution is -2.04. The lowest BCUT2D eigenvalue weighted by molar-refractivity contribution is 0.195. The molecule has 1 rings (SSSR count). The molecule has 0 amide bonds. The molecule has 1 N–H and O–H groups in total. The molecule has 12 heavy (non-hydrogen) atoms. The lowest BCUT2D eigenvalue weighted by atomic mass is 10.1. The van der Waals surface area contributed by atoms with Crippen molar-refractivity contribution in [3.05, 3.63) is 28.0 Å². The van der Waals surface area contributed by atoms with Crippen LogP contribution < -0.4 is 0 Å². The fraction of sp³-hybridized carbons (Fsp3) is 0.375. The van der Waals surface area contributed by atoms with Crippen molar-refractivity contribution in [1.29, 1.82) is 0 Å². The van der Waals surface area contributed by atoms with Crippen LogP contribution in [0, 0.1) is 0 Å². The second kappa shape index (κ2) is 4.08. The first kappa shape index (κ1) is 9.78. The highest BCUT2D eigenvalue weighted by molar-refractivity contribution is 6.34. The Kier molecular flexibility index (Phi) is 3.32. The molecule has 0 aliphatic carbocycles. The smallest absolute Gasteiger partial charge is 0.130 e. The van der Waals surface area contributed by atoms with Crippen molar-refractivity contribution in [2.24, 2.45) is 0 Å². The van der Waals surface area contributed by atoms with Crippen molar-refractivity contribution in [2.45, 2.75) is 19.4 Å². The summed E-state index contributed by atoms with van der Waals surface area (Å²) in [6, 6.07) is 1.57. The molecule has 0 aliphatic heterocycles. The van der Waals surface area contributed by atoms with Crippen LogP contribution in [0.5, 0.6) is 0 Å². The van der Waals surface area contributed by atoms with Crippen LogP contribution in [-0.2, 0) is 6.42 Å². The number of hydrogen-bond acceptors (Lipinski definition) is 2. The Morgan fingerprint density at radius 1 is 1.58 bits per heavy atom. The monoisotopic (exact) mass is 205 g/mol. The van der Waals surface area contributed by atoms with Crippen molar-refractivity contribution < 1.29 is 5.11 Å². The second-order valence-corrected chi connectivity index (χ2v) is 3.45. The number of hydrogen-bond donors (Lipinski definition) is 1. The van der Waals surface area contributed by atoms with Crippen LogP contribution in [0.25, 0.3) is 0 Å².